The summed E-state index contributed by atoms with van der Waals surface area (Å²) in [6, 6.07) is 12.9. The maximum atomic E-state index is 13.7. The number of carbonyl (C=O) groups excluding carboxylic acids is 1. The van der Waals surface area contributed by atoms with E-state index in [1.807, 2.05) is 6.92 Å². The van der Waals surface area contributed by atoms with Crippen LogP contribution in [0.4, 0.5) is 10.1 Å². The Morgan fingerprint density at radius 1 is 1.24 bits per heavy atom. The van der Waals surface area contributed by atoms with Gasteiger partial charge in [0.05, 0.1) is 7.11 Å². The molecule has 3 rings (SSSR count). The maximum Gasteiger partial charge on any atom is 0.251 e. The molecule has 1 heterocycles. The van der Waals surface area contributed by atoms with Crippen molar-refractivity contribution in [1.29, 1.82) is 0 Å². The zero-order valence-corrected chi connectivity index (χ0v) is 16.0. The number of nitrogens with zero attached hydrogens (tertiary/aromatic N) is 1. The third-order valence-electron chi connectivity index (χ3n) is 4.16. The van der Waals surface area contributed by atoms with Gasteiger partial charge in [-0.15, -0.1) is 0 Å². The Morgan fingerprint density at radius 3 is 2.79 bits per heavy atom. The van der Waals surface area contributed by atoms with Gasteiger partial charge in [-0.25, -0.2) is 9.37 Å². The van der Waals surface area contributed by atoms with Crippen molar-refractivity contribution in [3.05, 3.63) is 82.0 Å². The van der Waals surface area contributed by atoms with E-state index in [-0.39, 0.29) is 17.2 Å². The minimum absolute atomic E-state index is 0.141. The fourth-order valence-corrected chi connectivity index (χ4v) is 2.71. The molecule has 29 heavy (non-hydrogen) atoms. The van der Waals surface area contributed by atoms with E-state index < -0.39 is 5.82 Å². The Labute approximate surface area is 167 Å². The second-order valence-corrected chi connectivity index (χ2v) is 6.24. The molecule has 1 aromatic heterocycles. The SMILES string of the molecule is CCc1cc(=O)[nH]c(-c2cccc(NC(=O)/C=C/c3ccc(OC)c(F)c3)c2)n1. The van der Waals surface area contributed by atoms with E-state index >= 15 is 0 Å². The Balaban J connectivity index is 1.74. The van der Waals surface area contributed by atoms with Crippen molar-refractivity contribution >= 4 is 17.7 Å². The highest BCUT2D eigenvalue weighted by atomic mass is 19.1. The second kappa shape index (κ2) is 8.97. The maximum absolute atomic E-state index is 13.7. The number of benzene rings is 2. The number of ether oxygens (including phenoxy) is 1. The topological polar surface area (TPSA) is 84.1 Å². The van der Waals surface area contributed by atoms with Gasteiger partial charge >= 0.3 is 0 Å². The molecule has 2 aromatic carbocycles. The first kappa shape index (κ1) is 20.0. The van der Waals surface area contributed by atoms with Gasteiger partial charge in [-0.1, -0.05) is 25.1 Å². The van der Waals surface area contributed by atoms with Crippen LogP contribution in [0.2, 0.25) is 0 Å². The van der Waals surface area contributed by atoms with Crippen molar-refractivity contribution in [2.45, 2.75) is 13.3 Å². The molecule has 0 fully saturated rings. The highest BCUT2D eigenvalue weighted by molar-refractivity contribution is 6.02. The number of anilines is 1. The van der Waals surface area contributed by atoms with Crippen LogP contribution in [0.5, 0.6) is 5.75 Å². The highest BCUT2D eigenvalue weighted by Crippen LogP contribution is 2.20. The van der Waals surface area contributed by atoms with Crippen LogP contribution in [0, 0.1) is 5.82 Å². The molecule has 0 radical (unpaired) electrons. The van der Waals surface area contributed by atoms with E-state index in [4.69, 9.17) is 4.74 Å². The lowest BCUT2D eigenvalue weighted by molar-refractivity contribution is -0.111. The lowest BCUT2D eigenvalue weighted by Gasteiger charge is -2.07. The molecule has 0 aliphatic heterocycles. The summed E-state index contributed by atoms with van der Waals surface area (Å²) >= 11 is 0. The predicted molar refractivity (Wildman–Crippen MR) is 110 cm³/mol. The van der Waals surface area contributed by atoms with Gasteiger partial charge in [0.25, 0.3) is 5.56 Å². The van der Waals surface area contributed by atoms with Gasteiger partial charge < -0.3 is 15.0 Å². The fraction of sp³-hybridized carbons (Fsp3) is 0.136. The molecular formula is C22H20FN3O3. The van der Waals surface area contributed by atoms with Crippen LogP contribution in [0.1, 0.15) is 18.2 Å². The highest BCUT2D eigenvalue weighted by Gasteiger charge is 2.06. The summed E-state index contributed by atoms with van der Waals surface area (Å²) in [5.41, 5.74) is 2.22. The number of aryl methyl sites for hydroxylation is 1. The van der Waals surface area contributed by atoms with Gasteiger partial charge in [-0.2, -0.15) is 0 Å². The molecule has 6 nitrogen and oxygen atoms in total. The minimum atomic E-state index is -0.501. The van der Waals surface area contributed by atoms with Crippen molar-refractivity contribution in [3.8, 4) is 17.1 Å². The Bertz CT molecular complexity index is 1120. The van der Waals surface area contributed by atoms with Gasteiger partial charge in [0.15, 0.2) is 11.6 Å². The van der Waals surface area contributed by atoms with Gasteiger partial charge in [0.1, 0.15) is 5.82 Å². The molecule has 0 saturated heterocycles. The van der Waals surface area contributed by atoms with E-state index in [1.165, 1.54) is 37.5 Å². The van der Waals surface area contributed by atoms with Crippen molar-refractivity contribution in [2.24, 2.45) is 0 Å². The molecule has 2 N–H and O–H groups in total. The number of amides is 1. The summed E-state index contributed by atoms with van der Waals surface area (Å²) in [5, 5.41) is 2.74. The number of nitrogens with one attached hydrogen (secondary N) is 2. The summed E-state index contributed by atoms with van der Waals surface area (Å²) in [7, 11) is 1.39. The quantitative estimate of drug-likeness (QED) is 0.624. The molecule has 148 valence electrons. The zero-order valence-electron chi connectivity index (χ0n) is 16.0. The Morgan fingerprint density at radius 2 is 2.07 bits per heavy atom. The van der Waals surface area contributed by atoms with Crippen LogP contribution in [0.15, 0.2) is 59.4 Å². The molecule has 3 aromatic rings. The zero-order chi connectivity index (χ0) is 20.8. The summed E-state index contributed by atoms with van der Waals surface area (Å²) in [5.74, 6) is -0.294. The number of hydrogen-bond acceptors (Lipinski definition) is 4. The largest absolute Gasteiger partial charge is 0.494 e. The van der Waals surface area contributed by atoms with E-state index in [9.17, 15) is 14.0 Å². The van der Waals surface area contributed by atoms with Crippen molar-refractivity contribution in [1.82, 2.24) is 9.97 Å². The van der Waals surface area contributed by atoms with Crippen LogP contribution < -0.4 is 15.6 Å². The van der Waals surface area contributed by atoms with Crippen LogP contribution >= 0.6 is 0 Å². The molecule has 0 spiro atoms. The minimum Gasteiger partial charge on any atom is -0.494 e. The van der Waals surface area contributed by atoms with Crippen molar-refractivity contribution in [3.63, 3.8) is 0 Å². The molecule has 0 saturated carbocycles. The predicted octanol–water partition coefficient (Wildman–Crippen LogP) is 3.80. The molecule has 0 atom stereocenters. The number of aromatic nitrogens is 2. The standard InChI is InChI=1S/C22H20FN3O3/c1-3-16-13-21(28)26-22(25-16)15-5-4-6-17(12-15)24-20(27)10-8-14-7-9-19(29-2)18(23)11-14/h4-13H,3H2,1-2H3,(H,24,27)(H,25,26,28)/b10-8+. The van der Waals surface area contributed by atoms with Crippen LogP contribution in [0.3, 0.4) is 0 Å². The first-order chi connectivity index (χ1) is 14.0. The smallest absolute Gasteiger partial charge is 0.251 e. The number of methoxy groups -OCH3 is 1. The van der Waals surface area contributed by atoms with E-state index in [2.05, 4.69) is 15.3 Å². The van der Waals surface area contributed by atoms with Crippen molar-refractivity contribution < 1.29 is 13.9 Å². The van der Waals surface area contributed by atoms with Gasteiger partial charge in [0, 0.05) is 29.1 Å². The number of halogens is 1. The van der Waals surface area contributed by atoms with E-state index in [0.717, 1.165) is 0 Å². The molecule has 0 aliphatic carbocycles. The van der Waals surface area contributed by atoms with Crippen LogP contribution in [0.25, 0.3) is 17.5 Å². The number of H-pyrrole nitrogens is 1. The summed E-state index contributed by atoms with van der Waals surface area (Å²) in [6.07, 6.45) is 3.46. The number of carbonyl (C=O) groups is 1. The third-order valence-corrected chi connectivity index (χ3v) is 4.16. The molecule has 0 bridgehead atoms. The average molecular weight is 393 g/mol. The third kappa shape index (κ3) is 5.16. The number of rotatable bonds is 6. The summed E-state index contributed by atoms with van der Waals surface area (Å²) < 4.78 is 18.6. The van der Waals surface area contributed by atoms with Gasteiger partial charge in [0.2, 0.25) is 5.91 Å². The molecule has 0 unspecified atom stereocenters. The first-order valence-corrected chi connectivity index (χ1v) is 9.01. The molecule has 1 amide bonds. The summed E-state index contributed by atoms with van der Waals surface area (Å²) in [6.45, 7) is 1.92. The second-order valence-electron chi connectivity index (χ2n) is 6.24. The number of aromatic amines is 1. The van der Waals surface area contributed by atoms with Gasteiger partial charge in [-0.3, -0.25) is 9.59 Å². The molecule has 0 aliphatic rings. The molecular weight excluding hydrogens is 373 g/mol. The molecule has 7 heteroatoms. The van der Waals surface area contributed by atoms with Gasteiger partial charge in [-0.05, 0) is 42.3 Å². The Kier molecular flexibility index (Phi) is 6.19. The fourth-order valence-electron chi connectivity index (χ4n) is 2.71. The van der Waals surface area contributed by atoms with E-state index in [1.54, 1.807) is 30.3 Å². The number of hydrogen-bond donors (Lipinski definition) is 2. The lowest BCUT2D eigenvalue weighted by atomic mass is 10.1. The van der Waals surface area contributed by atoms with Crippen LogP contribution in [-0.4, -0.2) is 23.0 Å². The first-order valence-electron chi connectivity index (χ1n) is 9.01. The lowest BCUT2D eigenvalue weighted by Crippen LogP contribution is -2.10. The monoisotopic (exact) mass is 393 g/mol. The summed E-state index contributed by atoms with van der Waals surface area (Å²) in [4.78, 5) is 31.1. The normalized spacial score (nSPS) is 10.9. The van der Waals surface area contributed by atoms with Crippen LogP contribution in [-0.2, 0) is 11.2 Å². The Hall–Kier alpha value is -3.74. The average Bonchev–Trinajstić information content (AvgIpc) is 2.72. The van der Waals surface area contributed by atoms with E-state index in [0.29, 0.717) is 34.8 Å². The van der Waals surface area contributed by atoms with Crippen molar-refractivity contribution in [2.75, 3.05) is 12.4 Å².